The monoisotopic (exact) mass is 231 g/mol. The minimum Gasteiger partial charge on any atom is -0.379 e. The highest BCUT2D eigenvalue weighted by Gasteiger charge is 2.14. The van der Waals surface area contributed by atoms with Crippen LogP contribution in [0.5, 0.6) is 0 Å². The number of carbonyl (C=O) groups is 2. The molecular weight excluding hydrogens is 210 g/mol. The van der Waals surface area contributed by atoms with E-state index >= 15 is 0 Å². The summed E-state index contributed by atoms with van der Waals surface area (Å²) in [7, 11) is 0. The number of hydrogen-bond acceptors (Lipinski definition) is 4. The lowest BCUT2D eigenvalue weighted by atomic mass is 10.2. The van der Waals surface area contributed by atoms with E-state index in [4.69, 9.17) is 16.2 Å². The van der Waals surface area contributed by atoms with E-state index < -0.39 is 11.9 Å². The molecule has 0 spiro atoms. The van der Waals surface area contributed by atoms with Gasteiger partial charge in [0.15, 0.2) is 0 Å². The maximum absolute atomic E-state index is 11.3. The van der Waals surface area contributed by atoms with Crippen LogP contribution in [0, 0.1) is 5.92 Å². The molecule has 0 fully saturated rings. The Kier molecular flexibility index (Phi) is 7.49. The number of amides is 2. The molecule has 0 aromatic heterocycles. The Hall–Kier alpha value is -1.14. The summed E-state index contributed by atoms with van der Waals surface area (Å²) in [5, 5.41) is 2.56. The molecule has 0 saturated heterocycles. The van der Waals surface area contributed by atoms with E-state index in [1.54, 1.807) is 0 Å². The maximum Gasteiger partial charge on any atom is 0.237 e. The first-order valence-corrected chi connectivity index (χ1v) is 5.32. The first kappa shape index (κ1) is 14.9. The Morgan fingerprint density at radius 3 is 2.50 bits per heavy atom. The molecule has 0 aromatic carbocycles. The Morgan fingerprint density at radius 1 is 1.38 bits per heavy atom. The maximum atomic E-state index is 11.3. The first-order valence-electron chi connectivity index (χ1n) is 5.32. The molecule has 1 unspecified atom stereocenters. The SMILES string of the molecule is CC(C)COCCNC(=O)C(N)CC(N)=O. The first-order chi connectivity index (χ1) is 7.43. The topological polar surface area (TPSA) is 107 Å². The molecule has 0 radical (unpaired) electrons. The van der Waals surface area contributed by atoms with E-state index in [1.807, 2.05) is 13.8 Å². The van der Waals surface area contributed by atoms with Crippen molar-refractivity contribution >= 4 is 11.8 Å². The van der Waals surface area contributed by atoms with Gasteiger partial charge in [0.1, 0.15) is 0 Å². The summed E-state index contributed by atoms with van der Waals surface area (Å²) in [6.07, 6.45) is -0.140. The fraction of sp³-hybridized carbons (Fsp3) is 0.800. The molecule has 1 atom stereocenters. The molecule has 0 aliphatic heterocycles. The molecule has 0 rings (SSSR count). The molecule has 0 bridgehead atoms. The van der Waals surface area contributed by atoms with Crippen molar-refractivity contribution in [3.8, 4) is 0 Å². The van der Waals surface area contributed by atoms with Gasteiger partial charge < -0.3 is 21.5 Å². The Bertz CT molecular complexity index is 231. The van der Waals surface area contributed by atoms with Crippen molar-refractivity contribution in [2.45, 2.75) is 26.3 Å². The van der Waals surface area contributed by atoms with Gasteiger partial charge >= 0.3 is 0 Å². The highest BCUT2D eigenvalue weighted by Crippen LogP contribution is 1.91. The minimum absolute atomic E-state index is 0.140. The summed E-state index contributed by atoms with van der Waals surface area (Å²) in [5.41, 5.74) is 10.3. The van der Waals surface area contributed by atoms with E-state index in [9.17, 15) is 9.59 Å². The van der Waals surface area contributed by atoms with Gasteiger partial charge in [-0.1, -0.05) is 13.8 Å². The van der Waals surface area contributed by atoms with Crippen LogP contribution in [-0.4, -0.2) is 37.6 Å². The zero-order chi connectivity index (χ0) is 12.6. The number of nitrogens with two attached hydrogens (primary N) is 2. The molecule has 6 nitrogen and oxygen atoms in total. The van der Waals surface area contributed by atoms with Gasteiger partial charge in [-0.3, -0.25) is 9.59 Å². The average Bonchev–Trinajstić information content (AvgIpc) is 2.15. The van der Waals surface area contributed by atoms with E-state index in [0.717, 1.165) is 0 Å². The molecule has 2 amide bonds. The van der Waals surface area contributed by atoms with Crippen molar-refractivity contribution in [3.05, 3.63) is 0 Å². The number of ether oxygens (including phenoxy) is 1. The quantitative estimate of drug-likeness (QED) is 0.464. The van der Waals surface area contributed by atoms with Crippen molar-refractivity contribution in [1.82, 2.24) is 5.32 Å². The summed E-state index contributed by atoms with van der Waals surface area (Å²) in [4.78, 5) is 21.8. The molecule has 94 valence electrons. The Labute approximate surface area is 95.7 Å². The second kappa shape index (κ2) is 8.06. The third kappa shape index (κ3) is 8.19. The molecule has 0 heterocycles. The predicted molar refractivity (Wildman–Crippen MR) is 60.5 cm³/mol. The van der Waals surface area contributed by atoms with Crippen LogP contribution >= 0.6 is 0 Å². The zero-order valence-electron chi connectivity index (χ0n) is 9.86. The number of hydrogen-bond donors (Lipinski definition) is 3. The smallest absolute Gasteiger partial charge is 0.237 e. The highest BCUT2D eigenvalue weighted by molar-refractivity contribution is 5.87. The lowest BCUT2D eigenvalue weighted by Gasteiger charge is -2.11. The van der Waals surface area contributed by atoms with Gasteiger partial charge in [0.2, 0.25) is 11.8 Å². The summed E-state index contributed by atoms with van der Waals surface area (Å²) < 4.78 is 5.26. The van der Waals surface area contributed by atoms with Gasteiger partial charge in [0.05, 0.1) is 19.1 Å². The molecule has 16 heavy (non-hydrogen) atoms. The predicted octanol–water partition coefficient (Wildman–Crippen LogP) is -1.02. The third-order valence-electron chi connectivity index (χ3n) is 1.75. The molecular formula is C10H21N3O3. The average molecular weight is 231 g/mol. The van der Waals surface area contributed by atoms with Crippen molar-refractivity contribution in [2.24, 2.45) is 17.4 Å². The van der Waals surface area contributed by atoms with Gasteiger partial charge in [-0.25, -0.2) is 0 Å². The Balaban J connectivity index is 3.53. The van der Waals surface area contributed by atoms with Gasteiger partial charge in [-0.05, 0) is 5.92 Å². The summed E-state index contributed by atoms with van der Waals surface area (Å²) in [6.45, 7) is 5.57. The summed E-state index contributed by atoms with van der Waals surface area (Å²) >= 11 is 0. The normalized spacial score (nSPS) is 12.5. The van der Waals surface area contributed by atoms with Crippen LogP contribution in [0.1, 0.15) is 20.3 Å². The lowest BCUT2D eigenvalue weighted by Crippen LogP contribution is -2.44. The minimum atomic E-state index is -0.873. The van der Waals surface area contributed by atoms with Crippen LogP contribution in [0.25, 0.3) is 0 Å². The third-order valence-corrected chi connectivity index (χ3v) is 1.75. The van der Waals surface area contributed by atoms with Gasteiger partial charge in [-0.15, -0.1) is 0 Å². The van der Waals surface area contributed by atoms with E-state index in [0.29, 0.717) is 25.7 Å². The largest absolute Gasteiger partial charge is 0.379 e. The second-order valence-electron chi connectivity index (χ2n) is 4.04. The number of rotatable bonds is 8. The molecule has 0 aliphatic rings. The van der Waals surface area contributed by atoms with Gasteiger partial charge in [0.25, 0.3) is 0 Å². The molecule has 6 heteroatoms. The molecule has 0 saturated carbocycles. The van der Waals surface area contributed by atoms with Crippen molar-refractivity contribution in [1.29, 1.82) is 0 Å². The molecule has 0 aromatic rings. The van der Waals surface area contributed by atoms with Crippen molar-refractivity contribution in [2.75, 3.05) is 19.8 Å². The number of nitrogens with one attached hydrogen (secondary N) is 1. The van der Waals surface area contributed by atoms with Gasteiger partial charge in [-0.2, -0.15) is 0 Å². The molecule has 5 N–H and O–H groups in total. The lowest BCUT2D eigenvalue weighted by molar-refractivity contribution is -0.126. The van der Waals surface area contributed by atoms with Crippen LogP contribution in [0.2, 0.25) is 0 Å². The second-order valence-corrected chi connectivity index (χ2v) is 4.04. The standard InChI is InChI=1S/C10H21N3O3/c1-7(2)6-16-4-3-13-10(15)8(11)5-9(12)14/h7-8H,3-6,11H2,1-2H3,(H2,12,14)(H,13,15). The van der Waals surface area contributed by atoms with Crippen LogP contribution in [0.15, 0.2) is 0 Å². The fourth-order valence-electron chi connectivity index (χ4n) is 1.01. The van der Waals surface area contributed by atoms with Crippen molar-refractivity contribution < 1.29 is 14.3 Å². The van der Waals surface area contributed by atoms with Crippen LogP contribution in [0.4, 0.5) is 0 Å². The molecule has 0 aliphatic carbocycles. The fourth-order valence-corrected chi connectivity index (χ4v) is 1.01. The van der Waals surface area contributed by atoms with Crippen molar-refractivity contribution in [3.63, 3.8) is 0 Å². The van der Waals surface area contributed by atoms with Gasteiger partial charge in [0, 0.05) is 13.2 Å². The van der Waals surface area contributed by atoms with E-state index in [-0.39, 0.29) is 12.3 Å². The Morgan fingerprint density at radius 2 is 2.00 bits per heavy atom. The van der Waals surface area contributed by atoms with Crippen LogP contribution < -0.4 is 16.8 Å². The highest BCUT2D eigenvalue weighted by atomic mass is 16.5. The number of primary amides is 1. The number of carbonyl (C=O) groups excluding carboxylic acids is 2. The summed E-state index contributed by atoms with van der Waals surface area (Å²) in [5.74, 6) is -0.501. The zero-order valence-corrected chi connectivity index (χ0v) is 9.86. The van der Waals surface area contributed by atoms with Crippen LogP contribution in [-0.2, 0) is 14.3 Å². The van der Waals surface area contributed by atoms with E-state index in [1.165, 1.54) is 0 Å². The van der Waals surface area contributed by atoms with Crippen LogP contribution in [0.3, 0.4) is 0 Å². The summed E-state index contributed by atoms with van der Waals surface area (Å²) in [6, 6.07) is -0.873. The van der Waals surface area contributed by atoms with E-state index in [2.05, 4.69) is 5.32 Å².